The normalized spacial score (nSPS) is 11.1. The van der Waals surface area contributed by atoms with Gasteiger partial charge in [-0.1, -0.05) is 48.9 Å². The second-order valence-corrected chi connectivity index (χ2v) is 7.44. The zero-order valence-electron chi connectivity index (χ0n) is 17.1. The lowest BCUT2D eigenvalue weighted by Crippen LogP contribution is -2.27. The van der Waals surface area contributed by atoms with Crippen molar-refractivity contribution in [2.75, 3.05) is 0 Å². The zero-order chi connectivity index (χ0) is 20.4. The molecule has 0 saturated carbocycles. The monoisotopic (exact) mass is 386 g/mol. The molecular formula is C24H26N4O. The molecular weight excluding hydrogens is 360 g/mol. The summed E-state index contributed by atoms with van der Waals surface area (Å²) in [6.07, 6.45) is 4.40. The van der Waals surface area contributed by atoms with E-state index in [2.05, 4.69) is 53.4 Å². The highest BCUT2D eigenvalue weighted by atomic mass is 16.1. The number of nitrogens with zero attached hydrogens (tertiary/aromatic N) is 2. The molecule has 0 fully saturated rings. The fourth-order valence-electron chi connectivity index (χ4n) is 3.89. The minimum Gasteiger partial charge on any atom is -0.354 e. The van der Waals surface area contributed by atoms with Gasteiger partial charge in [-0.25, -0.2) is 4.98 Å². The Bertz CT molecular complexity index is 1150. The predicted molar refractivity (Wildman–Crippen MR) is 117 cm³/mol. The summed E-state index contributed by atoms with van der Waals surface area (Å²) in [7, 11) is 0. The fraction of sp³-hybridized carbons (Fsp3) is 0.250. The quantitative estimate of drug-likeness (QED) is 0.511. The maximum absolute atomic E-state index is 12.5. The summed E-state index contributed by atoms with van der Waals surface area (Å²) in [5.41, 5.74) is 6.90. The lowest BCUT2D eigenvalue weighted by atomic mass is 10.0. The number of fused-ring (bicyclic) bond motifs is 1. The van der Waals surface area contributed by atoms with Crippen LogP contribution in [0.4, 0.5) is 0 Å². The maximum atomic E-state index is 12.5. The number of carbonyl (C=O) groups excluding carboxylic acids is 1. The molecule has 5 nitrogen and oxygen atoms in total. The van der Waals surface area contributed by atoms with Gasteiger partial charge in [0, 0.05) is 36.4 Å². The number of hydrogen-bond donors (Lipinski definition) is 2. The number of benzene rings is 2. The lowest BCUT2D eigenvalue weighted by Gasteiger charge is -2.10. The number of aromatic amines is 1. The van der Waals surface area contributed by atoms with Crippen LogP contribution in [0.1, 0.15) is 29.4 Å². The average molecular weight is 386 g/mol. The first-order chi connectivity index (χ1) is 14.1. The van der Waals surface area contributed by atoms with Crippen LogP contribution >= 0.6 is 0 Å². The molecule has 2 N–H and O–H groups in total. The summed E-state index contributed by atoms with van der Waals surface area (Å²) in [4.78, 5) is 20.4. The van der Waals surface area contributed by atoms with Crippen molar-refractivity contribution in [3.05, 3.63) is 77.4 Å². The van der Waals surface area contributed by atoms with Gasteiger partial charge in [0.05, 0.1) is 5.52 Å². The Labute approximate surface area is 170 Å². The zero-order valence-corrected chi connectivity index (χ0v) is 17.1. The van der Waals surface area contributed by atoms with Crippen molar-refractivity contribution in [1.82, 2.24) is 19.9 Å². The molecule has 4 aromatic rings. The van der Waals surface area contributed by atoms with Crippen LogP contribution in [0.3, 0.4) is 0 Å². The van der Waals surface area contributed by atoms with E-state index in [9.17, 15) is 4.79 Å². The van der Waals surface area contributed by atoms with Gasteiger partial charge in [0.25, 0.3) is 0 Å². The van der Waals surface area contributed by atoms with E-state index < -0.39 is 0 Å². The van der Waals surface area contributed by atoms with Crippen molar-refractivity contribution in [3.8, 4) is 11.3 Å². The maximum Gasteiger partial charge on any atom is 0.240 e. The number of imidazole rings is 1. The van der Waals surface area contributed by atoms with Gasteiger partial charge in [-0.2, -0.15) is 0 Å². The SMILES string of the molecule is CCc1nccn1CC(=O)NCc1cc(C)cc2c(C)c(-c3ccccc3)[nH]c12. The highest BCUT2D eigenvalue weighted by molar-refractivity contribution is 5.93. The molecule has 148 valence electrons. The smallest absolute Gasteiger partial charge is 0.240 e. The van der Waals surface area contributed by atoms with Gasteiger partial charge in [-0.05, 0) is 36.6 Å². The number of H-pyrrole nitrogens is 1. The summed E-state index contributed by atoms with van der Waals surface area (Å²) in [6, 6.07) is 14.7. The van der Waals surface area contributed by atoms with Crippen molar-refractivity contribution in [2.24, 2.45) is 0 Å². The molecule has 0 radical (unpaired) electrons. The standard InChI is InChI=1S/C24H26N4O/c1-4-21-25-10-11-28(21)15-22(29)26-14-19-12-16(2)13-20-17(3)23(27-24(19)20)18-8-6-5-7-9-18/h5-13,27H,4,14-15H2,1-3H3,(H,26,29). The predicted octanol–water partition coefficient (Wildman–Crippen LogP) is 4.53. The summed E-state index contributed by atoms with van der Waals surface area (Å²) < 4.78 is 1.90. The van der Waals surface area contributed by atoms with E-state index >= 15 is 0 Å². The molecule has 4 rings (SSSR count). The van der Waals surface area contributed by atoms with E-state index in [1.54, 1.807) is 6.20 Å². The summed E-state index contributed by atoms with van der Waals surface area (Å²) in [5.74, 6) is 0.907. The van der Waals surface area contributed by atoms with Crippen LogP contribution in [0, 0.1) is 13.8 Å². The van der Waals surface area contributed by atoms with Crippen molar-refractivity contribution in [3.63, 3.8) is 0 Å². The number of nitrogens with one attached hydrogen (secondary N) is 2. The number of aromatic nitrogens is 3. The van der Waals surface area contributed by atoms with Crippen molar-refractivity contribution in [2.45, 2.75) is 40.3 Å². The summed E-state index contributed by atoms with van der Waals surface area (Å²) >= 11 is 0. The third-order valence-electron chi connectivity index (χ3n) is 5.36. The molecule has 2 heterocycles. The topological polar surface area (TPSA) is 62.7 Å². The second kappa shape index (κ2) is 7.95. The molecule has 2 aromatic carbocycles. The van der Waals surface area contributed by atoms with Gasteiger partial charge in [0.2, 0.25) is 5.91 Å². The highest BCUT2D eigenvalue weighted by Crippen LogP contribution is 2.32. The van der Waals surface area contributed by atoms with Crippen molar-refractivity contribution < 1.29 is 4.79 Å². The molecule has 0 aliphatic carbocycles. The molecule has 0 aliphatic rings. The molecule has 0 bridgehead atoms. The first-order valence-corrected chi connectivity index (χ1v) is 10.0. The van der Waals surface area contributed by atoms with Crippen LogP contribution in [0.5, 0.6) is 0 Å². The highest BCUT2D eigenvalue weighted by Gasteiger charge is 2.14. The Kier molecular flexibility index (Phi) is 5.21. The molecule has 29 heavy (non-hydrogen) atoms. The van der Waals surface area contributed by atoms with Gasteiger partial charge in [-0.3, -0.25) is 4.79 Å². The molecule has 1 amide bonds. The first kappa shape index (κ1) is 19.0. The van der Waals surface area contributed by atoms with Crippen LogP contribution in [-0.2, 0) is 24.3 Å². The minimum atomic E-state index is -0.0149. The van der Waals surface area contributed by atoms with E-state index in [4.69, 9.17) is 0 Å². The fourth-order valence-corrected chi connectivity index (χ4v) is 3.89. The van der Waals surface area contributed by atoms with Gasteiger partial charge in [0.1, 0.15) is 12.4 Å². The molecule has 2 aromatic heterocycles. The molecule has 0 saturated heterocycles. The number of aryl methyl sites for hydroxylation is 3. The van der Waals surface area contributed by atoms with Crippen LogP contribution in [0.15, 0.2) is 54.9 Å². The summed E-state index contributed by atoms with van der Waals surface area (Å²) in [6.45, 7) is 7.06. The third-order valence-corrected chi connectivity index (χ3v) is 5.36. The van der Waals surface area contributed by atoms with Crippen molar-refractivity contribution in [1.29, 1.82) is 0 Å². The summed E-state index contributed by atoms with van der Waals surface area (Å²) in [5, 5.41) is 4.27. The Morgan fingerprint density at radius 2 is 1.97 bits per heavy atom. The lowest BCUT2D eigenvalue weighted by molar-refractivity contribution is -0.121. The van der Waals surface area contributed by atoms with Gasteiger partial charge in [0.15, 0.2) is 0 Å². The van der Waals surface area contributed by atoms with Gasteiger partial charge >= 0.3 is 0 Å². The van der Waals surface area contributed by atoms with Crippen LogP contribution in [0.2, 0.25) is 0 Å². The Balaban J connectivity index is 1.59. The van der Waals surface area contributed by atoms with E-state index in [-0.39, 0.29) is 12.5 Å². The van der Waals surface area contributed by atoms with E-state index in [0.717, 1.165) is 29.0 Å². The average Bonchev–Trinajstić information content (AvgIpc) is 3.31. The van der Waals surface area contributed by atoms with Gasteiger partial charge in [-0.15, -0.1) is 0 Å². The number of carbonyl (C=O) groups is 1. The van der Waals surface area contributed by atoms with Crippen LogP contribution in [0.25, 0.3) is 22.2 Å². The third kappa shape index (κ3) is 3.81. The van der Waals surface area contributed by atoms with E-state index in [0.29, 0.717) is 6.54 Å². The van der Waals surface area contributed by atoms with Crippen molar-refractivity contribution >= 4 is 16.8 Å². The Hall–Kier alpha value is -3.34. The minimum absolute atomic E-state index is 0.0149. The number of amides is 1. The molecule has 0 aliphatic heterocycles. The van der Waals surface area contributed by atoms with Crippen LogP contribution < -0.4 is 5.32 Å². The largest absolute Gasteiger partial charge is 0.354 e. The Morgan fingerprint density at radius 3 is 2.72 bits per heavy atom. The molecule has 0 unspecified atom stereocenters. The van der Waals surface area contributed by atoms with Crippen LogP contribution in [-0.4, -0.2) is 20.4 Å². The molecule has 0 atom stereocenters. The van der Waals surface area contributed by atoms with Gasteiger partial charge < -0.3 is 14.9 Å². The molecule has 5 heteroatoms. The number of hydrogen-bond acceptors (Lipinski definition) is 2. The second-order valence-electron chi connectivity index (χ2n) is 7.44. The molecule has 0 spiro atoms. The van der Waals surface area contributed by atoms with E-state index in [1.165, 1.54) is 22.1 Å². The first-order valence-electron chi connectivity index (χ1n) is 10.0. The Morgan fingerprint density at radius 1 is 1.17 bits per heavy atom. The van der Waals surface area contributed by atoms with E-state index in [1.807, 2.05) is 35.9 Å². The number of rotatable bonds is 6.